The second-order valence-electron chi connectivity index (χ2n) is 8.18. The number of rotatable bonds is 9. The Hall–Kier alpha value is -1.86. The molecule has 0 aromatic heterocycles. The van der Waals surface area contributed by atoms with Gasteiger partial charge in [-0.2, -0.15) is 0 Å². The van der Waals surface area contributed by atoms with Crippen LogP contribution in [0.15, 0.2) is 24.3 Å². The number of hydrogen-bond donors (Lipinski definition) is 3. The summed E-state index contributed by atoms with van der Waals surface area (Å²) in [5.74, 6) is -0.741. The van der Waals surface area contributed by atoms with Crippen LogP contribution >= 0.6 is 0 Å². The van der Waals surface area contributed by atoms with Gasteiger partial charge in [0.25, 0.3) is 0 Å². The molecule has 0 radical (unpaired) electrons. The first-order valence-electron chi connectivity index (χ1n) is 8.99. The van der Waals surface area contributed by atoms with Crippen molar-refractivity contribution in [2.75, 3.05) is 6.54 Å². The van der Waals surface area contributed by atoms with Crippen molar-refractivity contribution >= 4 is 20.3 Å². The highest BCUT2D eigenvalue weighted by atomic mass is 28.4. The molecule has 6 nitrogen and oxygen atoms in total. The largest absolute Gasteiger partial charge is 0.413 e. The second kappa shape index (κ2) is 9.18. The Morgan fingerprint density at radius 2 is 1.73 bits per heavy atom. The highest BCUT2D eigenvalue weighted by Crippen LogP contribution is 2.37. The third-order valence-electron chi connectivity index (χ3n) is 5.10. The maximum absolute atomic E-state index is 11.8. The molecule has 7 heteroatoms. The predicted octanol–water partition coefficient (Wildman–Crippen LogP) is 3.23. The molecular weight excluding hydrogens is 346 g/mol. The molecule has 146 valence electrons. The molecule has 0 heterocycles. The summed E-state index contributed by atoms with van der Waals surface area (Å²) in [5.41, 5.74) is 12.5. The number of amides is 3. The molecule has 0 bridgehead atoms. The topological polar surface area (TPSA) is 107 Å². The van der Waals surface area contributed by atoms with Crippen molar-refractivity contribution in [2.24, 2.45) is 11.5 Å². The Balaban J connectivity index is 2.68. The van der Waals surface area contributed by atoms with Crippen molar-refractivity contribution < 1.29 is 14.0 Å². The van der Waals surface area contributed by atoms with Gasteiger partial charge in [-0.1, -0.05) is 45.0 Å². The number of benzene rings is 1. The normalized spacial score (nSPS) is 13.3. The average Bonchev–Trinajstić information content (AvgIpc) is 2.52. The molecule has 0 fully saturated rings. The monoisotopic (exact) mass is 379 g/mol. The number of primary amides is 2. The van der Waals surface area contributed by atoms with Crippen LogP contribution in [-0.2, 0) is 15.8 Å². The molecule has 0 aliphatic heterocycles. The van der Waals surface area contributed by atoms with Crippen LogP contribution in [0.3, 0.4) is 0 Å². The minimum atomic E-state index is -1.79. The van der Waals surface area contributed by atoms with Crippen molar-refractivity contribution in [3.63, 3.8) is 0 Å². The fourth-order valence-corrected chi connectivity index (χ4v) is 3.28. The van der Waals surface area contributed by atoms with E-state index in [1.54, 1.807) is 0 Å². The summed E-state index contributed by atoms with van der Waals surface area (Å²) in [6.07, 6.45) is 1.20. The molecule has 26 heavy (non-hydrogen) atoms. The van der Waals surface area contributed by atoms with Crippen LogP contribution in [0.4, 0.5) is 4.79 Å². The van der Waals surface area contributed by atoms with E-state index in [-0.39, 0.29) is 16.9 Å². The Morgan fingerprint density at radius 1 is 1.15 bits per heavy atom. The van der Waals surface area contributed by atoms with E-state index >= 15 is 0 Å². The number of carbonyl (C=O) groups is 2. The highest BCUT2D eigenvalue weighted by Gasteiger charge is 2.37. The standard InChI is InChI=1S/C19H33N3O3Si/c1-19(2,3)26(4,5)25-13-14-8-10-15(11-9-14)16(17(20)23)7-6-12-22-18(21)24/h8-11,16H,6-7,12-13H2,1-5H3,(H2,20,23)(H3,21,22,24). The molecule has 5 N–H and O–H groups in total. The van der Waals surface area contributed by atoms with E-state index in [2.05, 4.69) is 39.2 Å². The van der Waals surface area contributed by atoms with E-state index < -0.39 is 14.3 Å². The highest BCUT2D eigenvalue weighted by molar-refractivity contribution is 6.74. The van der Waals surface area contributed by atoms with Gasteiger partial charge in [0.05, 0.1) is 12.5 Å². The molecule has 0 saturated carbocycles. The van der Waals surface area contributed by atoms with Crippen LogP contribution in [-0.4, -0.2) is 26.8 Å². The lowest BCUT2D eigenvalue weighted by atomic mass is 9.93. The van der Waals surface area contributed by atoms with E-state index in [0.29, 0.717) is 26.0 Å². The molecule has 3 amide bonds. The molecule has 0 aliphatic rings. The van der Waals surface area contributed by atoms with Crippen LogP contribution in [0.25, 0.3) is 0 Å². The molecule has 1 atom stereocenters. The van der Waals surface area contributed by atoms with Gasteiger partial charge in [-0.15, -0.1) is 0 Å². The molecule has 1 aromatic rings. The van der Waals surface area contributed by atoms with Gasteiger partial charge >= 0.3 is 6.03 Å². The van der Waals surface area contributed by atoms with Crippen molar-refractivity contribution in [1.82, 2.24) is 5.32 Å². The van der Waals surface area contributed by atoms with Gasteiger partial charge < -0.3 is 21.2 Å². The van der Waals surface area contributed by atoms with Crippen LogP contribution in [0.5, 0.6) is 0 Å². The number of urea groups is 1. The van der Waals surface area contributed by atoms with Gasteiger partial charge in [-0.25, -0.2) is 4.79 Å². The van der Waals surface area contributed by atoms with E-state index in [0.717, 1.165) is 11.1 Å². The van der Waals surface area contributed by atoms with Gasteiger partial charge in [-0.05, 0) is 42.1 Å². The maximum Gasteiger partial charge on any atom is 0.312 e. The van der Waals surface area contributed by atoms with Crippen molar-refractivity contribution in [2.45, 2.75) is 64.3 Å². The molecule has 0 spiro atoms. The smallest absolute Gasteiger partial charge is 0.312 e. The minimum Gasteiger partial charge on any atom is -0.413 e. The van der Waals surface area contributed by atoms with Crippen LogP contribution in [0.1, 0.15) is 50.7 Å². The number of carbonyl (C=O) groups excluding carboxylic acids is 2. The Morgan fingerprint density at radius 3 is 2.19 bits per heavy atom. The second-order valence-corrected chi connectivity index (χ2v) is 13.0. The van der Waals surface area contributed by atoms with Crippen LogP contribution in [0, 0.1) is 0 Å². The number of hydrogen-bond acceptors (Lipinski definition) is 3. The van der Waals surface area contributed by atoms with Crippen molar-refractivity contribution in [3.8, 4) is 0 Å². The SMILES string of the molecule is CC(C)(C)[Si](C)(C)OCc1ccc(C(CCCNC(N)=O)C(N)=O)cc1. The van der Waals surface area contributed by atoms with Gasteiger partial charge in [0.2, 0.25) is 5.91 Å². The molecule has 1 rings (SSSR count). The maximum atomic E-state index is 11.8. The molecular formula is C19H33N3O3Si. The van der Waals surface area contributed by atoms with Gasteiger partial charge in [0.1, 0.15) is 0 Å². The lowest BCUT2D eigenvalue weighted by molar-refractivity contribution is -0.119. The predicted molar refractivity (Wildman–Crippen MR) is 107 cm³/mol. The van der Waals surface area contributed by atoms with E-state index in [1.807, 2.05) is 24.3 Å². The van der Waals surface area contributed by atoms with Crippen molar-refractivity contribution in [3.05, 3.63) is 35.4 Å². The first-order valence-corrected chi connectivity index (χ1v) is 11.9. The Bertz CT molecular complexity index is 609. The summed E-state index contributed by atoms with van der Waals surface area (Å²) in [7, 11) is -1.79. The zero-order chi connectivity index (χ0) is 20.0. The quantitative estimate of drug-likeness (QED) is 0.453. The number of nitrogens with one attached hydrogen (secondary N) is 1. The lowest BCUT2D eigenvalue weighted by Gasteiger charge is -2.36. The molecule has 1 aromatic carbocycles. The summed E-state index contributed by atoms with van der Waals surface area (Å²) < 4.78 is 6.22. The fraction of sp³-hybridized carbons (Fsp3) is 0.579. The first-order chi connectivity index (χ1) is 11.9. The third kappa shape index (κ3) is 6.80. The lowest BCUT2D eigenvalue weighted by Crippen LogP contribution is -2.40. The first kappa shape index (κ1) is 22.2. The van der Waals surface area contributed by atoms with Crippen LogP contribution in [0.2, 0.25) is 18.1 Å². The number of nitrogens with two attached hydrogens (primary N) is 2. The Kier molecular flexibility index (Phi) is 7.83. The zero-order valence-electron chi connectivity index (χ0n) is 16.6. The fourth-order valence-electron chi connectivity index (χ4n) is 2.32. The summed E-state index contributed by atoms with van der Waals surface area (Å²) in [4.78, 5) is 22.5. The van der Waals surface area contributed by atoms with Gasteiger partial charge in [-0.3, -0.25) is 4.79 Å². The van der Waals surface area contributed by atoms with Gasteiger partial charge in [0, 0.05) is 6.54 Å². The molecule has 0 saturated heterocycles. The Labute approximate surface area is 157 Å². The van der Waals surface area contributed by atoms with Crippen LogP contribution < -0.4 is 16.8 Å². The zero-order valence-corrected chi connectivity index (χ0v) is 17.6. The van der Waals surface area contributed by atoms with E-state index in [1.165, 1.54) is 0 Å². The van der Waals surface area contributed by atoms with Gasteiger partial charge in [0.15, 0.2) is 8.32 Å². The third-order valence-corrected chi connectivity index (χ3v) is 9.58. The molecule has 1 unspecified atom stereocenters. The van der Waals surface area contributed by atoms with E-state index in [4.69, 9.17) is 15.9 Å². The van der Waals surface area contributed by atoms with E-state index in [9.17, 15) is 9.59 Å². The van der Waals surface area contributed by atoms with Crippen molar-refractivity contribution in [1.29, 1.82) is 0 Å². The molecule has 0 aliphatic carbocycles. The minimum absolute atomic E-state index is 0.170. The average molecular weight is 380 g/mol. The summed E-state index contributed by atoms with van der Waals surface area (Å²) in [6.45, 7) is 12.1. The summed E-state index contributed by atoms with van der Waals surface area (Å²) >= 11 is 0. The summed E-state index contributed by atoms with van der Waals surface area (Å²) in [6, 6.07) is 7.27. The summed E-state index contributed by atoms with van der Waals surface area (Å²) in [5, 5.41) is 2.69.